The molecule has 3 rings (SSSR count). The first-order valence-electron chi connectivity index (χ1n) is 11.2. The van der Waals surface area contributed by atoms with Crippen LogP contribution < -0.4 is 5.32 Å². The maximum atomic E-state index is 12.9. The smallest absolute Gasteiger partial charge is 0.251 e. The Morgan fingerprint density at radius 1 is 1.13 bits per heavy atom. The molecule has 0 radical (unpaired) electrons. The molecule has 1 N–H and O–H groups in total. The van der Waals surface area contributed by atoms with Gasteiger partial charge in [0.1, 0.15) is 0 Å². The van der Waals surface area contributed by atoms with Gasteiger partial charge in [-0.1, -0.05) is 19.4 Å². The average molecular weight is 437 g/mol. The molecule has 1 atom stereocenters. The van der Waals surface area contributed by atoms with Crippen molar-refractivity contribution in [2.24, 2.45) is 0 Å². The van der Waals surface area contributed by atoms with Gasteiger partial charge in [0.15, 0.2) is 0 Å². The molecular formula is C22H36N4O3S. The van der Waals surface area contributed by atoms with Crippen LogP contribution in [0.25, 0.3) is 0 Å². The predicted molar refractivity (Wildman–Crippen MR) is 119 cm³/mol. The summed E-state index contributed by atoms with van der Waals surface area (Å²) >= 11 is 0. The minimum atomic E-state index is -3.57. The van der Waals surface area contributed by atoms with E-state index in [0.717, 1.165) is 32.6 Å². The summed E-state index contributed by atoms with van der Waals surface area (Å²) in [4.78, 5) is 17.4. The molecule has 1 amide bonds. The van der Waals surface area contributed by atoms with Crippen molar-refractivity contribution in [1.82, 2.24) is 19.4 Å². The molecule has 168 valence electrons. The summed E-state index contributed by atoms with van der Waals surface area (Å²) in [6.45, 7) is 7.38. The first-order chi connectivity index (χ1) is 14.4. The molecule has 2 aliphatic heterocycles. The van der Waals surface area contributed by atoms with Gasteiger partial charge in [0.05, 0.1) is 4.90 Å². The normalized spacial score (nSPS) is 22.1. The molecule has 0 saturated carbocycles. The topological polar surface area (TPSA) is 73.0 Å². The van der Waals surface area contributed by atoms with E-state index in [-0.39, 0.29) is 10.8 Å². The molecule has 2 heterocycles. The Balaban J connectivity index is 1.53. The van der Waals surface area contributed by atoms with Crippen molar-refractivity contribution in [3.63, 3.8) is 0 Å². The molecule has 8 heteroatoms. The largest absolute Gasteiger partial charge is 0.352 e. The van der Waals surface area contributed by atoms with Crippen LogP contribution in [0.2, 0.25) is 0 Å². The third kappa shape index (κ3) is 5.81. The third-order valence-corrected chi connectivity index (χ3v) is 8.22. The van der Waals surface area contributed by atoms with Gasteiger partial charge in [-0.3, -0.25) is 4.79 Å². The van der Waals surface area contributed by atoms with Crippen molar-refractivity contribution in [2.45, 2.75) is 50.0 Å². The maximum Gasteiger partial charge on any atom is 0.251 e. The number of nitrogens with one attached hydrogen (secondary N) is 1. The van der Waals surface area contributed by atoms with Gasteiger partial charge in [0.2, 0.25) is 10.0 Å². The van der Waals surface area contributed by atoms with Crippen molar-refractivity contribution >= 4 is 15.9 Å². The number of nitrogens with zero attached hydrogens (tertiary/aromatic N) is 3. The van der Waals surface area contributed by atoms with Gasteiger partial charge in [0.25, 0.3) is 5.91 Å². The van der Waals surface area contributed by atoms with E-state index in [4.69, 9.17) is 0 Å². The fourth-order valence-electron chi connectivity index (χ4n) is 4.38. The monoisotopic (exact) mass is 436 g/mol. The summed E-state index contributed by atoms with van der Waals surface area (Å²) < 4.78 is 27.4. The number of amides is 1. The van der Waals surface area contributed by atoms with Crippen molar-refractivity contribution in [2.75, 3.05) is 52.9 Å². The van der Waals surface area contributed by atoms with Crippen LogP contribution in [0.5, 0.6) is 0 Å². The second-order valence-corrected chi connectivity index (χ2v) is 10.4. The summed E-state index contributed by atoms with van der Waals surface area (Å²) in [5.41, 5.74) is 0.398. The highest BCUT2D eigenvalue weighted by Gasteiger charge is 2.28. The Morgan fingerprint density at radius 2 is 1.90 bits per heavy atom. The maximum absolute atomic E-state index is 12.9. The molecule has 2 fully saturated rings. The van der Waals surface area contributed by atoms with Crippen LogP contribution in [0.3, 0.4) is 0 Å². The minimum Gasteiger partial charge on any atom is -0.352 e. The van der Waals surface area contributed by atoms with Crippen LogP contribution in [-0.4, -0.2) is 87.3 Å². The van der Waals surface area contributed by atoms with Gasteiger partial charge in [-0.25, -0.2) is 8.42 Å². The van der Waals surface area contributed by atoms with Crippen LogP contribution in [0.4, 0.5) is 0 Å². The fourth-order valence-corrected chi connectivity index (χ4v) is 5.85. The molecule has 0 unspecified atom stereocenters. The van der Waals surface area contributed by atoms with Crippen molar-refractivity contribution < 1.29 is 13.2 Å². The van der Waals surface area contributed by atoms with E-state index < -0.39 is 10.0 Å². The van der Waals surface area contributed by atoms with E-state index in [1.54, 1.807) is 18.2 Å². The Hall–Kier alpha value is -1.48. The lowest BCUT2D eigenvalue weighted by atomic mass is 10.00. The van der Waals surface area contributed by atoms with Crippen LogP contribution in [0.15, 0.2) is 29.2 Å². The lowest BCUT2D eigenvalue weighted by Crippen LogP contribution is -2.47. The fraction of sp³-hybridized carbons (Fsp3) is 0.682. The number of benzene rings is 1. The van der Waals surface area contributed by atoms with Gasteiger partial charge in [-0.15, -0.1) is 0 Å². The third-order valence-electron chi connectivity index (χ3n) is 6.32. The first-order valence-corrected chi connectivity index (χ1v) is 12.7. The molecule has 1 aromatic carbocycles. The molecule has 0 aliphatic carbocycles. The number of likely N-dealkylation sites (N-methyl/N-ethyl adjacent to an activating group) is 1. The lowest BCUT2D eigenvalue weighted by molar-refractivity contribution is 0.0947. The van der Waals surface area contributed by atoms with Crippen LogP contribution in [0.1, 0.15) is 49.4 Å². The number of piperidine rings is 1. The summed E-state index contributed by atoms with van der Waals surface area (Å²) in [5.74, 6) is -0.212. The highest BCUT2D eigenvalue weighted by molar-refractivity contribution is 7.89. The van der Waals surface area contributed by atoms with Crippen molar-refractivity contribution in [3.8, 4) is 0 Å². The summed E-state index contributed by atoms with van der Waals surface area (Å²) in [6.07, 6.45) is 5.94. The number of sulfonamides is 1. The Labute approximate surface area is 181 Å². The number of likely N-dealkylation sites (tertiary alicyclic amines) is 1. The van der Waals surface area contributed by atoms with Gasteiger partial charge in [-0.05, 0) is 57.5 Å². The highest BCUT2D eigenvalue weighted by Crippen LogP contribution is 2.20. The zero-order valence-corrected chi connectivity index (χ0v) is 19.2. The quantitative estimate of drug-likeness (QED) is 0.631. The number of piperazine rings is 1. The van der Waals surface area contributed by atoms with Gasteiger partial charge in [-0.2, -0.15) is 4.31 Å². The molecule has 1 aromatic rings. The number of rotatable bonds is 8. The van der Waals surface area contributed by atoms with E-state index in [9.17, 15) is 13.2 Å². The molecule has 0 aromatic heterocycles. The molecule has 0 bridgehead atoms. The molecular weight excluding hydrogens is 400 g/mol. The number of hydrogen-bond acceptors (Lipinski definition) is 5. The number of carbonyl (C=O) groups is 1. The highest BCUT2D eigenvalue weighted by atomic mass is 32.2. The second kappa shape index (κ2) is 10.7. The minimum absolute atomic E-state index is 0.193. The number of hydrogen-bond donors (Lipinski definition) is 1. The van der Waals surface area contributed by atoms with E-state index in [0.29, 0.717) is 31.2 Å². The van der Waals surface area contributed by atoms with Crippen LogP contribution >= 0.6 is 0 Å². The summed E-state index contributed by atoms with van der Waals surface area (Å²) in [7, 11) is -1.58. The summed E-state index contributed by atoms with van der Waals surface area (Å²) in [5, 5.41) is 2.95. The standard InChI is InChI=1S/C22H36N4O3S/c1-3-20-9-4-5-12-25(20)13-7-11-23-22(27)19-8-6-10-21(18-19)30(28,29)26-16-14-24(2)15-17-26/h6,8,10,18,20H,3-5,7,9,11-17H2,1-2H3,(H,23,27)/t20-/m0/s1. The zero-order chi connectivity index (χ0) is 21.6. The Kier molecular flexibility index (Phi) is 8.27. The average Bonchev–Trinajstić information content (AvgIpc) is 2.77. The first kappa shape index (κ1) is 23.2. The van der Waals surface area contributed by atoms with E-state index >= 15 is 0 Å². The van der Waals surface area contributed by atoms with Gasteiger partial charge >= 0.3 is 0 Å². The van der Waals surface area contributed by atoms with E-state index in [2.05, 4.69) is 22.0 Å². The lowest BCUT2D eigenvalue weighted by Gasteiger charge is -2.35. The van der Waals surface area contributed by atoms with Crippen LogP contribution in [-0.2, 0) is 10.0 Å². The Morgan fingerprint density at radius 3 is 2.63 bits per heavy atom. The summed E-state index contributed by atoms with van der Waals surface area (Å²) in [6, 6.07) is 7.07. The van der Waals surface area contributed by atoms with Crippen LogP contribution in [0, 0.1) is 0 Å². The molecule has 7 nitrogen and oxygen atoms in total. The Bertz CT molecular complexity index is 806. The molecule has 30 heavy (non-hydrogen) atoms. The number of carbonyl (C=O) groups excluding carboxylic acids is 1. The van der Waals surface area contributed by atoms with Crippen molar-refractivity contribution in [1.29, 1.82) is 0 Å². The molecule has 0 spiro atoms. The zero-order valence-electron chi connectivity index (χ0n) is 18.3. The second-order valence-electron chi connectivity index (χ2n) is 8.44. The molecule has 2 aliphatic rings. The molecule has 2 saturated heterocycles. The van der Waals surface area contributed by atoms with E-state index in [1.807, 2.05) is 7.05 Å². The van der Waals surface area contributed by atoms with Gasteiger partial charge < -0.3 is 15.1 Å². The predicted octanol–water partition coefficient (Wildman–Crippen LogP) is 2.01. The SMILES string of the molecule is CC[C@H]1CCCCN1CCCNC(=O)c1cccc(S(=O)(=O)N2CCN(C)CC2)c1. The van der Waals surface area contributed by atoms with Gasteiger partial charge in [0, 0.05) is 50.9 Å². The van der Waals surface area contributed by atoms with E-state index in [1.165, 1.54) is 36.1 Å². The van der Waals surface area contributed by atoms with Crippen molar-refractivity contribution in [3.05, 3.63) is 29.8 Å².